The number of aromatic nitrogens is 1. The van der Waals surface area contributed by atoms with Gasteiger partial charge in [0.25, 0.3) is 5.91 Å². The number of carbonyl (C=O) groups is 1. The van der Waals surface area contributed by atoms with E-state index in [1.165, 1.54) is 34.7 Å². The fraction of sp³-hybridized carbons (Fsp3) is 0.174. The number of halogens is 1. The van der Waals surface area contributed by atoms with Crippen molar-refractivity contribution in [3.05, 3.63) is 86.1 Å². The summed E-state index contributed by atoms with van der Waals surface area (Å²) in [6.07, 6.45) is 1.26. The molecule has 0 radical (unpaired) electrons. The van der Waals surface area contributed by atoms with Crippen LogP contribution in [-0.4, -0.2) is 22.0 Å². The van der Waals surface area contributed by atoms with E-state index < -0.39 is 10.8 Å². The van der Waals surface area contributed by atoms with E-state index in [9.17, 15) is 14.9 Å². The van der Waals surface area contributed by atoms with Crippen LogP contribution in [0.3, 0.4) is 0 Å². The van der Waals surface area contributed by atoms with Crippen LogP contribution in [-0.2, 0) is 5.41 Å². The highest BCUT2D eigenvalue weighted by Gasteiger charge is 2.23. The smallest absolute Gasteiger partial charge is 0.400 e. The van der Waals surface area contributed by atoms with Crippen LogP contribution < -0.4 is 5.01 Å². The van der Waals surface area contributed by atoms with Crippen LogP contribution in [0.4, 0.5) is 11.0 Å². The first-order valence-electron chi connectivity index (χ1n) is 9.91. The number of carbonyl (C=O) groups excluding carboxylic acids is 1. The molecule has 0 saturated heterocycles. The number of furan rings is 1. The number of amides is 1. The van der Waals surface area contributed by atoms with E-state index in [0.717, 1.165) is 20.3 Å². The number of fused-ring (bicyclic) bond motifs is 1. The Morgan fingerprint density at radius 1 is 1.18 bits per heavy atom. The molecule has 0 fully saturated rings. The van der Waals surface area contributed by atoms with Crippen molar-refractivity contribution in [3.63, 3.8) is 0 Å². The van der Waals surface area contributed by atoms with Gasteiger partial charge < -0.3 is 4.42 Å². The predicted octanol–water partition coefficient (Wildman–Crippen LogP) is 6.54. The van der Waals surface area contributed by atoms with Crippen molar-refractivity contribution in [1.29, 1.82) is 0 Å². The summed E-state index contributed by atoms with van der Waals surface area (Å²) in [5.74, 6) is -0.644. The van der Waals surface area contributed by atoms with Gasteiger partial charge in [-0.2, -0.15) is 10.1 Å². The van der Waals surface area contributed by atoms with Gasteiger partial charge >= 0.3 is 5.88 Å². The third-order valence-electron chi connectivity index (χ3n) is 4.80. The van der Waals surface area contributed by atoms with Crippen molar-refractivity contribution in [2.24, 2.45) is 5.10 Å². The molecule has 10 heteroatoms. The molecule has 4 rings (SSSR count). The van der Waals surface area contributed by atoms with Gasteiger partial charge in [0, 0.05) is 10.0 Å². The second kappa shape index (κ2) is 8.87. The van der Waals surface area contributed by atoms with Gasteiger partial charge in [0.1, 0.15) is 4.92 Å². The second-order valence-electron chi connectivity index (χ2n) is 8.23. The number of hydrogen-bond acceptors (Lipinski definition) is 7. The van der Waals surface area contributed by atoms with E-state index in [4.69, 9.17) is 4.42 Å². The Hall–Kier alpha value is -3.37. The molecule has 0 spiro atoms. The molecule has 0 aliphatic heterocycles. The first kappa shape index (κ1) is 22.8. The van der Waals surface area contributed by atoms with Crippen LogP contribution in [0.2, 0.25) is 0 Å². The first-order valence-corrected chi connectivity index (χ1v) is 11.5. The Labute approximate surface area is 201 Å². The lowest BCUT2D eigenvalue weighted by Crippen LogP contribution is -2.25. The minimum atomic E-state index is -0.636. The van der Waals surface area contributed by atoms with Crippen LogP contribution in [0.15, 0.2) is 68.6 Å². The summed E-state index contributed by atoms with van der Waals surface area (Å²) < 4.78 is 6.91. The molecule has 4 aromatic rings. The van der Waals surface area contributed by atoms with Crippen LogP contribution in [0.1, 0.15) is 42.5 Å². The van der Waals surface area contributed by atoms with Crippen LogP contribution in [0.25, 0.3) is 10.2 Å². The SMILES string of the molecule is CC(C)(C)c1ccc(C(=O)N(/N=C/c2ccc([N+](=O)[O-])o2)c2nc3ccc(Br)cc3s2)cc1. The van der Waals surface area contributed by atoms with Gasteiger partial charge in [0.2, 0.25) is 5.13 Å². The van der Waals surface area contributed by atoms with Gasteiger partial charge in [0.15, 0.2) is 5.76 Å². The minimum Gasteiger partial charge on any atom is -0.400 e. The maximum Gasteiger partial charge on any atom is 0.433 e. The molecular formula is C23H19BrN4O4S. The van der Waals surface area contributed by atoms with Gasteiger partial charge in [-0.3, -0.25) is 14.9 Å². The molecule has 0 atom stereocenters. The van der Waals surface area contributed by atoms with E-state index in [0.29, 0.717) is 10.7 Å². The molecule has 0 aliphatic carbocycles. The van der Waals surface area contributed by atoms with Crippen LogP contribution in [0, 0.1) is 10.1 Å². The van der Waals surface area contributed by atoms with E-state index in [2.05, 4.69) is 46.8 Å². The van der Waals surface area contributed by atoms with Gasteiger partial charge in [-0.15, -0.1) is 0 Å². The van der Waals surface area contributed by atoms with Crippen LogP contribution in [0.5, 0.6) is 0 Å². The molecule has 8 nitrogen and oxygen atoms in total. The molecular weight excluding hydrogens is 508 g/mol. The summed E-state index contributed by atoms with van der Waals surface area (Å²) in [4.78, 5) is 28.2. The fourth-order valence-corrected chi connectivity index (χ4v) is 4.50. The molecule has 0 bridgehead atoms. The average molecular weight is 527 g/mol. The van der Waals surface area contributed by atoms with Gasteiger partial charge in [0.05, 0.1) is 22.5 Å². The zero-order valence-electron chi connectivity index (χ0n) is 18.0. The highest BCUT2D eigenvalue weighted by Crippen LogP contribution is 2.32. The molecule has 2 aromatic carbocycles. The zero-order chi connectivity index (χ0) is 23.8. The lowest BCUT2D eigenvalue weighted by atomic mass is 9.87. The largest absolute Gasteiger partial charge is 0.433 e. The summed E-state index contributed by atoms with van der Waals surface area (Å²) >= 11 is 4.75. The summed E-state index contributed by atoms with van der Waals surface area (Å²) in [7, 11) is 0. The number of nitro groups is 1. The second-order valence-corrected chi connectivity index (χ2v) is 10.2. The number of benzene rings is 2. The summed E-state index contributed by atoms with van der Waals surface area (Å²) in [5, 5.41) is 16.7. The summed E-state index contributed by atoms with van der Waals surface area (Å²) in [5.41, 5.74) is 2.21. The Balaban J connectivity index is 1.73. The number of anilines is 1. The molecule has 1 amide bonds. The van der Waals surface area contributed by atoms with E-state index in [1.807, 2.05) is 30.3 Å². The van der Waals surface area contributed by atoms with Crippen molar-refractivity contribution in [3.8, 4) is 0 Å². The summed E-state index contributed by atoms with van der Waals surface area (Å²) in [6.45, 7) is 6.30. The quantitative estimate of drug-likeness (QED) is 0.167. The number of nitrogens with zero attached hydrogens (tertiary/aromatic N) is 4. The molecule has 2 aromatic heterocycles. The van der Waals surface area contributed by atoms with E-state index in [1.54, 1.807) is 12.1 Å². The molecule has 33 heavy (non-hydrogen) atoms. The monoisotopic (exact) mass is 526 g/mol. The van der Waals surface area contributed by atoms with Crippen LogP contribution >= 0.6 is 27.3 Å². The topological polar surface area (TPSA) is 102 Å². The highest BCUT2D eigenvalue weighted by atomic mass is 79.9. The maximum atomic E-state index is 13.4. The Bertz CT molecular complexity index is 1370. The molecule has 0 unspecified atom stereocenters. The highest BCUT2D eigenvalue weighted by molar-refractivity contribution is 9.10. The standard InChI is InChI=1S/C23H19BrN4O4S/c1-23(2,3)15-6-4-14(5-7-15)21(29)27(25-13-17-9-11-20(32-17)28(30)31)22-26-18-10-8-16(24)12-19(18)33-22/h4-13H,1-3H3/b25-13+. The van der Waals surface area contributed by atoms with Crippen molar-refractivity contribution < 1.29 is 14.1 Å². The van der Waals surface area contributed by atoms with E-state index in [-0.39, 0.29) is 17.1 Å². The van der Waals surface area contributed by atoms with E-state index >= 15 is 0 Å². The minimum absolute atomic E-state index is 0.0478. The Morgan fingerprint density at radius 2 is 1.91 bits per heavy atom. The number of hydrogen-bond donors (Lipinski definition) is 0. The molecule has 168 valence electrons. The van der Waals surface area contributed by atoms with Gasteiger partial charge in [-0.25, -0.2) is 4.98 Å². The van der Waals surface area contributed by atoms with Crippen molar-refractivity contribution >= 4 is 60.6 Å². The molecule has 0 N–H and O–H groups in total. The Kier molecular flexibility index (Phi) is 6.13. The maximum absolute atomic E-state index is 13.4. The fourth-order valence-electron chi connectivity index (χ4n) is 3.03. The van der Waals surface area contributed by atoms with Crippen molar-refractivity contribution in [2.45, 2.75) is 26.2 Å². The normalized spacial score (nSPS) is 11.9. The average Bonchev–Trinajstić information content (AvgIpc) is 3.40. The Morgan fingerprint density at radius 3 is 2.55 bits per heavy atom. The lowest BCUT2D eigenvalue weighted by molar-refractivity contribution is -0.402. The zero-order valence-corrected chi connectivity index (χ0v) is 20.4. The van der Waals surface area contributed by atoms with Gasteiger partial charge in [-0.05, 0) is 47.4 Å². The lowest BCUT2D eigenvalue weighted by Gasteiger charge is -2.19. The number of rotatable bonds is 5. The molecule has 2 heterocycles. The number of hydrazone groups is 1. The molecule has 0 aliphatic rings. The van der Waals surface area contributed by atoms with Crippen molar-refractivity contribution in [2.75, 3.05) is 5.01 Å². The third kappa shape index (κ3) is 5.01. The first-order chi connectivity index (χ1) is 15.6. The number of thiazole rings is 1. The predicted molar refractivity (Wildman–Crippen MR) is 132 cm³/mol. The summed E-state index contributed by atoms with van der Waals surface area (Å²) in [6, 6.07) is 15.6. The van der Waals surface area contributed by atoms with Gasteiger partial charge in [-0.1, -0.05) is 60.2 Å². The molecule has 0 saturated carbocycles. The third-order valence-corrected chi connectivity index (χ3v) is 6.29. The van der Waals surface area contributed by atoms with Crippen molar-refractivity contribution in [1.82, 2.24) is 4.98 Å².